The lowest BCUT2D eigenvalue weighted by Gasteiger charge is -2.05. The normalized spacial score (nSPS) is 10.5. The van der Waals surface area contributed by atoms with Crippen molar-refractivity contribution in [1.29, 1.82) is 0 Å². The largest absolute Gasteiger partial charge is 0.353 e. The molecule has 0 unspecified atom stereocenters. The molecule has 2 aromatic rings. The maximum absolute atomic E-state index is 12.1. The number of unbranched alkanes of at least 4 members (excludes halogenated alkanes) is 3. The molecular formula is C17H22N4O3. The Morgan fingerprint density at radius 2 is 1.92 bits per heavy atom. The van der Waals surface area contributed by atoms with Gasteiger partial charge in [-0.05, 0) is 31.0 Å². The lowest BCUT2D eigenvalue weighted by atomic mass is 10.1. The van der Waals surface area contributed by atoms with Crippen LogP contribution in [0.1, 0.15) is 42.5 Å². The van der Waals surface area contributed by atoms with Crippen molar-refractivity contribution in [2.45, 2.75) is 32.1 Å². The molecule has 0 aliphatic carbocycles. The molecule has 0 saturated carbocycles. The van der Waals surface area contributed by atoms with Crippen LogP contribution < -0.4 is 10.6 Å². The third-order valence-electron chi connectivity index (χ3n) is 3.78. The second-order valence-corrected chi connectivity index (χ2v) is 5.56. The predicted octanol–water partition coefficient (Wildman–Crippen LogP) is 1.56. The van der Waals surface area contributed by atoms with Gasteiger partial charge in [0.2, 0.25) is 5.78 Å². The Bertz CT molecular complexity index is 723. The van der Waals surface area contributed by atoms with Gasteiger partial charge in [0.05, 0.1) is 17.4 Å². The van der Waals surface area contributed by atoms with Gasteiger partial charge in [-0.1, -0.05) is 12.8 Å². The number of rotatable bonds is 9. The summed E-state index contributed by atoms with van der Waals surface area (Å²) in [6, 6.07) is 5.34. The van der Waals surface area contributed by atoms with Crippen LogP contribution in [0.5, 0.6) is 0 Å². The van der Waals surface area contributed by atoms with Crippen molar-refractivity contribution in [1.82, 2.24) is 20.6 Å². The first kappa shape index (κ1) is 17.7. The van der Waals surface area contributed by atoms with E-state index in [4.69, 9.17) is 0 Å². The Morgan fingerprint density at radius 3 is 2.71 bits per heavy atom. The lowest BCUT2D eigenvalue weighted by molar-refractivity contribution is -0.137. The maximum atomic E-state index is 12.1. The van der Waals surface area contributed by atoms with Crippen LogP contribution in [-0.4, -0.2) is 41.2 Å². The summed E-state index contributed by atoms with van der Waals surface area (Å²) in [4.78, 5) is 41.5. The fourth-order valence-corrected chi connectivity index (χ4v) is 2.40. The van der Waals surface area contributed by atoms with Crippen molar-refractivity contribution in [2.75, 3.05) is 13.6 Å². The zero-order valence-corrected chi connectivity index (χ0v) is 13.7. The van der Waals surface area contributed by atoms with Gasteiger partial charge in [-0.3, -0.25) is 14.4 Å². The number of carbonyl (C=O) groups excluding carboxylic acids is 3. The molecule has 24 heavy (non-hydrogen) atoms. The summed E-state index contributed by atoms with van der Waals surface area (Å²) in [5.74, 6) is -1.02. The van der Waals surface area contributed by atoms with Gasteiger partial charge in [-0.2, -0.15) is 0 Å². The predicted molar refractivity (Wildman–Crippen MR) is 90.6 cm³/mol. The van der Waals surface area contributed by atoms with Gasteiger partial charge in [0.1, 0.15) is 0 Å². The summed E-state index contributed by atoms with van der Waals surface area (Å²) < 4.78 is 0. The van der Waals surface area contributed by atoms with Gasteiger partial charge in [0, 0.05) is 25.6 Å². The van der Waals surface area contributed by atoms with Crippen LogP contribution >= 0.6 is 0 Å². The number of ketones is 1. The van der Waals surface area contributed by atoms with Crippen LogP contribution in [0.25, 0.3) is 11.0 Å². The Kier molecular flexibility index (Phi) is 6.48. The van der Waals surface area contributed by atoms with E-state index in [0.29, 0.717) is 18.5 Å². The Hall–Kier alpha value is -2.70. The molecule has 0 spiro atoms. The van der Waals surface area contributed by atoms with Crippen molar-refractivity contribution in [3.05, 3.63) is 30.1 Å². The summed E-state index contributed by atoms with van der Waals surface area (Å²) in [6.07, 6.45) is 5.17. The summed E-state index contributed by atoms with van der Waals surface area (Å²) in [6.45, 7) is 0.587. The van der Waals surface area contributed by atoms with E-state index in [1.54, 1.807) is 18.5 Å². The van der Waals surface area contributed by atoms with Crippen LogP contribution in [0.2, 0.25) is 0 Å². The van der Waals surface area contributed by atoms with Crippen molar-refractivity contribution in [3.8, 4) is 0 Å². The number of hydrogen-bond donors (Lipinski definition) is 3. The molecule has 0 fully saturated rings. The number of hydrogen-bond acceptors (Lipinski definition) is 4. The molecule has 7 heteroatoms. The third kappa shape index (κ3) is 4.91. The molecule has 0 bridgehead atoms. The highest BCUT2D eigenvalue weighted by molar-refractivity contribution is 6.36. The fraction of sp³-hybridized carbons (Fsp3) is 0.412. The molecule has 1 aromatic carbocycles. The molecule has 2 rings (SSSR count). The number of H-pyrrole nitrogens is 1. The van der Waals surface area contributed by atoms with Crippen molar-refractivity contribution in [3.63, 3.8) is 0 Å². The molecule has 1 heterocycles. The number of nitrogens with zero attached hydrogens (tertiary/aromatic N) is 1. The third-order valence-corrected chi connectivity index (χ3v) is 3.78. The minimum Gasteiger partial charge on any atom is -0.353 e. The van der Waals surface area contributed by atoms with Gasteiger partial charge in [-0.15, -0.1) is 0 Å². The molecule has 1 aromatic heterocycles. The van der Waals surface area contributed by atoms with E-state index in [0.717, 1.165) is 30.3 Å². The SMILES string of the molecule is CNC(=O)C(=O)CCCCCCNC(=O)c1ccc2nc[nH]c2c1. The minimum atomic E-state index is -0.531. The summed E-state index contributed by atoms with van der Waals surface area (Å²) in [5, 5.41) is 5.20. The van der Waals surface area contributed by atoms with Gasteiger partial charge in [-0.25, -0.2) is 4.98 Å². The number of amides is 2. The highest BCUT2D eigenvalue weighted by Crippen LogP contribution is 2.11. The highest BCUT2D eigenvalue weighted by atomic mass is 16.2. The van der Waals surface area contributed by atoms with Crippen molar-refractivity contribution in [2.24, 2.45) is 0 Å². The van der Waals surface area contributed by atoms with E-state index in [2.05, 4.69) is 20.6 Å². The Balaban J connectivity index is 1.61. The molecule has 3 N–H and O–H groups in total. The first-order valence-corrected chi connectivity index (χ1v) is 8.08. The zero-order chi connectivity index (χ0) is 17.4. The average Bonchev–Trinajstić information content (AvgIpc) is 3.07. The fourth-order valence-electron chi connectivity index (χ4n) is 2.40. The van der Waals surface area contributed by atoms with Gasteiger partial charge >= 0.3 is 0 Å². The number of benzene rings is 1. The number of imidazole rings is 1. The Morgan fingerprint density at radius 1 is 1.12 bits per heavy atom. The van der Waals surface area contributed by atoms with Crippen LogP contribution in [0.3, 0.4) is 0 Å². The highest BCUT2D eigenvalue weighted by Gasteiger charge is 2.10. The smallest absolute Gasteiger partial charge is 0.287 e. The number of fused-ring (bicyclic) bond motifs is 1. The maximum Gasteiger partial charge on any atom is 0.287 e. The van der Waals surface area contributed by atoms with E-state index in [1.807, 2.05) is 6.07 Å². The van der Waals surface area contributed by atoms with E-state index < -0.39 is 5.91 Å². The van der Waals surface area contributed by atoms with Crippen molar-refractivity contribution < 1.29 is 14.4 Å². The van der Waals surface area contributed by atoms with Crippen LogP contribution in [0.4, 0.5) is 0 Å². The monoisotopic (exact) mass is 330 g/mol. The van der Waals surface area contributed by atoms with Gasteiger partial charge in [0.25, 0.3) is 11.8 Å². The molecular weight excluding hydrogens is 308 g/mol. The summed E-state index contributed by atoms with van der Waals surface area (Å²) in [5.41, 5.74) is 2.27. The minimum absolute atomic E-state index is 0.110. The van der Waals surface area contributed by atoms with E-state index in [9.17, 15) is 14.4 Å². The molecule has 0 saturated heterocycles. The summed E-state index contributed by atoms with van der Waals surface area (Å²) in [7, 11) is 1.45. The average molecular weight is 330 g/mol. The molecule has 7 nitrogen and oxygen atoms in total. The topological polar surface area (TPSA) is 104 Å². The van der Waals surface area contributed by atoms with Crippen molar-refractivity contribution >= 4 is 28.6 Å². The van der Waals surface area contributed by atoms with E-state index in [-0.39, 0.29) is 18.1 Å². The molecule has 128 valence electrons. The summed E-state index contributed by atoms with van der Waals surface area (Å²) >= 11 is 0. The zero-order valence-electron chi connectivity index (χ0n) is 13.7. The van der Waals surface area contributed by atoms with E-state index in [1.165, 1.54) is 7.05 Å². The van der Waals surface area contributed by atoms with E-state index >= 15 is 0 Å². The quantitative estimate of drug-likeness (QED) is 0.479. The van der Waals surface area contributed by atoms with Crippen LogP contribution in [-0.2, 0) is 9.59 Å². The first-order valence-electron chi connectivity index (χ1n) is 8.08. The first-order chi connectivity index (χ1) is 11.6. The number of nitrogens with one attached hydrogen (secondary N) is 3. The number of likely N-dealkylation sites (N-methyl/N-ethyl adjacent to an activating group) is 1. The standard InChI is InChI=1S/C17H22N4O3/c1-18-17(24)15(22)6-4-2-3-5-9-19-16(23)12-7-8-13-14(10-12)21-11-20-13/h7-8,10-11H,2-6,9H2,1H3,(H,18,24)(H,19,23)(H,20,21). The number of Topliss-reactive ketones (excluding diaryl/α,β-unsaturated/α-hetero) is 1. The molecule has 0 radical (unpaired) electrons. The second-order valence-electron chi connectivity index (χ2n) is 5.56. The van der Waals surface area contributed by atoms with Crippen LogP contribution in [0, 0.1) is 0 Å². The van der Waals surface area contributed by atoms with Gasteiger partial charge in [0.15, 0.2) is 0 Å². The number of aromatic nitrogens is 2. The lowest BCUT2D eigenvalue weighted by Crippen LogP contribution is -2.27. The molecule has 0 atom stereocenters. The second kappa shape index (κ2) is 8.81. The van der Waals surface area contributed by atoms with Gasteiger partial charge < -0.3 is 15.6 Å². The molecule has 2 amide bonds. The molecule has 0 aliphatic heterocycles. The molecule has 0 aliphatic rings. The number of carbonyl (C=O) groups is 3. The van der Waals surface area contributed by atoms with Crippen LogP contribution in [0.15, 0.2) is 24.5 Å². The number of aromatic amines is 1. The Labute approximate surface area is 140 Å².